The van der Waals surface area contributed by atoms with Crippen LogP contribution in [-0.4, -0.2) is 43.6 Å². The summed E-state index contributed by atoms with van der Waals surface area (Å²) in [5.41, 5.74) is 9.98. The fourth-order valence-corrected chi connectivity index (χ4v) is 5.56. The highest BCUT2D eigenvalue weighted by Crippen LogP contribution is 2.36. The number of amides is 1. The predicted molar refractivity (Wildman–Crippen MR) is 133 cm³/mol. The second-order valence-electron chi connectivity index (χ2n) is 9.72. The number of aromatic nitrogens is 4. The summed E-state index contributed by atoms with van der Waals surface area (Å²) >= 11 is 0. The molecule has 2 aliphatic rings. The van der Waals surface area contributed by atoms with E-state index in [4.69, 9.17) is 0 Å². The summed E-state index contributed by atoms with van der Waals surface area (Å²) < 4.78 is 1.70. The lowest BCUT2D eigenvalue weighted by Crippen LogP contribution is -2.38. The number of hydrogen-bond donors (Lipinski definition) is 2. The molecule has 1 amide bonds. The van der Waals surface area contributed by atoms with Gasteiger partial charge in [-0.05, 0) is 85.7 Å². The topological polar surface area (TPSA) is 78.8 Å². The number of benzene rings is 1. The zero-order valence-corrected chi connectivity index (χ0v) is 20.0. The summed E-state index contributed by atoms with van der Waals surface area (Å²) in [4.78, 5) is 23.2. The van der Waals surface area contributed by atoms with Gasteiger partial charge in [0.05, 0.1) is 5.69 Å². The first-order valence-corrected chi connectivity index (χ1v) is 12.1. The number of pyridine rings is 1. The maximum absolute atomic E-state index is 13.3. The van der Waals surface area contributed by atoms with E-state index in [0.29, 0.717) is 24.8 Å². The largest absolute Gasteiger partial charge is 0.346 e. The van der Waals surface area contributed by atoms with Gasteiger partial charge in [0.15, 0.2) is 0 Å². The van der Waals surface area contributed by atoms with Crippen molar-refractivity contribution in [3.05, 3.63) is 70.3 Å². The third-order valence-electron chi connectivity index (χ3n) is 7.39. The fourth-order valence-electron chi connectivity index (χ4n) is 5.56. The number of hydrogen-bond acceptors (Lipinski definition) is 4. The van der Waals surface area contributed by atoms with Crippen molar-refractivity contribution < 1.29 is 4.79 Å². The zero-order valence-electron chi connectivity index (χ0n) is 20.0. The van der Waals surface area contributed by atoms with E-state index < -0.39 is 0 Å². The molecule has 1 aromatic carbocycles. The van der Waals surface area contributed by atoms with Crippen LogP contribution < -0.4 is 5.32 Å². The number of nitrogens with one attached hydrogen (secondary N) is 2. The molecule has 1 saturated heterocycles. The summed E-state index contributed by atoms with van der Waals surface area (Å²) in [6.07, 6.45) is 7.13. The average Bonchev–Trinajstić information content (AvgIpc) is 3.58. The average molecular weight is 455 g/mol. The summed E-state index contributed by atoms with van der Waals surface area (Å²) in [6, 6.07) is 9.09. The van der Waals surface area contributed by atoms with E-state index in [-0.39, 0.29) is 5.91 Å². The minimum Gasteiger partial charge on any atom is -0.346 e. The van der Waals surface area contributed by atoms with Gasteiger partial charge in [-0.15, -0.1) is 0 Å². The molecule has 0 spiro atoms. The second-order valence-corrected chi connectivity index (χ2v) is 9.72. The Hall–Kier alpha value is -3.45. The first kappa shape index (κ1) is 21.1. The maximum atomic E-state index is 13.3. The van der Waals surface area contributed by atoms with Crippen molar-refractivity contribution in [1.29, 1.82) is 0 Å². The van der Waals surface area contributed by atoms with Gasteiger partial charge in [-0.2, -0.15) is 5.10 Å². The van der Waals surface area contributed by atoms with Crippen LogP contribution in [-0.2, 0) is 20.0 Å². The normalized spacial score (nSPS) is 18.0. The van der Waals surface area contributed by atoms with Crippen LogP contribution in [0.3, 0.4) is 0 Å². The molecule has 1 unspecified atom stereocenters. The Morgan fingerprint density at radius 3 is 2.79 bits per heavy atom. The molecule has 7 nitrogen and oxygen atoms in total. The Bertz CT molecular complexity index is 1410. The van der Waals surface area contributed by atoms with Crippen LogP contribution in [0, 0.1) is 13.8 Å². The van der Waals surface area contributed by atoms with Crippen molar-refractivity contribution in [2.24, 2.45) is 7.05 Å². The van der Waals surface area contributed by atoms with Crippen LogP contribution in [0.4, 0.5) is 0 Å². The molecule has 6 rings (SSSR count). The number of carbonyl (C=O) groups excluding carboxylic acids is 1. The Balaban J connectivity index is 1.40. The van der Waals surface area contributed by atoms with Gasteiger partial charge >= 0.3 is 0 Å². The molecule has 4 aromatic rings. The van der Waals surface area contributed by atoms with E-state index >= 15 is 0 Å². The van der Waals surface area contributed by atoms with Gasteiger partial charge in [0.25, 0.3) is 5.91 Å². The molecule has 2 N–H and O–H groups in total. The number of H-pyrrole nitrogens is 1. The highest BCUT2D eigenvalue weighted by atomic mass is 16.2. The molecule has 5 heterocycles. The number of carbonyl (C=O) groups is 1. The SMILES string of the molecule is Cc1cc(C(=O)N2CCc3cc(-c4cnc5[nH]cc(C)c5c4)cc(C4CCCN4)c3C2)n(C)n1. The summed E-state index contributed by atoms with van der Waals surface area (Å²) in [5, 5.41) is 9.22. The number of nitrogens with zero attached hydrogens (tertiary/aromatic N) is 4. The quantitative estimate of drug-likeness (QED) is 0.486. The van der Waals surface area contributed by atoms with Gasteiger partial charge in [0.1, 0.15) is 11.3 Å². The monoisotopic (exact) mass is 454 g/mol. The molecule has 0 aliphatic carbocycles. The Kier molecular flexibility index (Phi) is 5.03. The van der Waals surface area contributed by atoms with Crippen molar-refractivity contribution in [2.75, 3.05) is 13.1 Å². The molecular formula is C27H30N6O. The highest BCUT2D eigenvalue weighted by molar-refractivity contribution is 5.93. The van der Waals surface area contributed by atoms with E-state index in [0.717, 1.165) is 36.3 Å². The minimum atomic E-state index is 0.0562. The molecule has 174 valence electrons. The van der Waals surface area contributed by atoms with Crippen LogP contribution in [0.2, 0.25) is 0 Å². The summed E-state index contributed by atoms with van der Waals surface area (Å²) in [5.74, 6) is 0.0562. The molecule has 0 saturated carbocycles. The number of aryl methyl sites for hydroxylation is 3. The van der Waals surface area contributed by atoms with Gasteiger partial charge in [-0.25, -0.2) is 4.98 Å². The molecule has 34 heavy (non-hydrogen) atoms. The van der Waals surface area contributed by atoms with Crippen molar-refractivity contribution in [1.82, 2.24) is 30.0 Å². The highest BCUT2D eigenvalue weighted by Gasteiger charge is 2.29. The Morgan fingerprint density at radius 1 is 1.15 bits per heavy atom. The van der Waals surface area contributed by atoms with E-state index in [2.05, 4.69) is 45.5 Å². The van der Waals surface area contributed by atoms with E-state index in [1.807, 2.05) is 37.3 Å². The van der Waals surface area contributed by atoms with Crippen molar-refractivity contribution >= 4 is 16.9 Å². The van der Waals surface area contributed by atoms with Gasteiger partial charge < -0.3 is 15.2 Å². The zero-order chi connectivity index (χ0) is 23.4. The van der Waals surface area contributed by atoms with Crippen molar-refractivity contribution in [3.63, 3.8) is 0 Å². The van der Waals surface area contributed by atoms with Gasteiger partial charge in [-0.1, -0.05) is 6.07 Å². The first-order valence-electron chi connectivity index (χ1n) is 12.1. The Morgan fingerprint density at radius 2 is 2.03 bits per heavy atom. The van der Waals surface area contributed by atoms with Crippen LogP contribution >= 0.6 is 0 Å². The van der Waals surface area contributed by atoms with Crippen LogP contribution in [0.1, 0.15) is 57.3 Å². The smallest absolute Gasteiger partial charge is 0.272 e. The Labute approximate surface area is 199 Å². The van der Waals surface area contributed by atoms with Crippen molar-refractivity contribution in [3.8, 4) is 11.1 Å². The second kappa shape index (κ2) is 8.09. The predicted octanol–water partition coefficient (Wildman–Crippen LogP) is 4.20. The van der Waals surface area contributed by atoms with Gasteiger partial charge in [0, 0.05) is 49.5 Å². The van der Waals surface area contributed by atoms with Crippen molar-refractivity contribution in [2.45, 2.75) is 45.7 Å². The standard InChI is InChI=1S/C27H30N6O/c1-16-13-29-26-21(16)12-20(14-30-26)19-10-18-6-8-33(27(34)25-9-17(2)31-32(25)3)15-23(18)22(11-19)24-5-4-7-28-24/h9-14,24,28H,4-8,15H2,1-3H3,(H,29,30). The van der Waals surface area contributed by atoms with Gasteiger partial charge in [0.2, 0.25) is 0 Å². The van der Waals surface area contributed by atoms with Crippen LogP contribution in [0.15, 0.2) is 36.7 Å². The molecule has 0 bridgehead atoms. The number of rotatable bonds is 3. The van der Waals surface area contributed by atoms with Crippen LogP contribution in [0.5, 0.6) is 0 Å². The lowest BCUT2D eigenvalue weighted by Gasteiger charge is -2.32. The number of fused-ring (bicyclic) bond motifs is 2. The van der Waals surface area contributed by atoms with E-state index in [1.165, 1.54) is 39.6 Å². The summed E-state index contributed by atoms with van der Waals surface area (Å²) in [6.45, 7) is 6.43. The van der Waals surface area contributed by atoms with Crippen LogP contribution in [0.25, 0.3) is 22.2 Å². The molecule has 1 atom stereocenters. The molecule has 0 radical (unpaired) electrons. The van der Waals surface area contributed by atoms with E-state index in [9.17, 15) is 4.79 Å². The minimum absolute atomic E-state index is 0.0562. The molecule has 3 aromatic heterocycles. The lowest BCUT2D eigenvalue weighted by atomic mass is 9.87. The van der Waals surface area contributed by atoms with E-state index in [1.54, 1.807) is 4.68 Å². The maximum Gasteiger partial charge on any atom is 0.272 e. The molecule has 7 heteroatoms. The molecule has 2 aliphatic heterocycles. The molecule has 1 fully saturated rings. The summed E-state index contributed by atoms with van der Waals surface area (Å²) in [7, 11) is 1.84. The van der Waals surface area contributed by atoms with Gasteiger partial charge in [-0.3, -0.25) is 9.48 Å². The third kappa shape index (κ3) is 3.51. The molecular weight excluding hydrogens is 424 g/mol. The first-order chi connectivity index (χ1) is 16.5. The fraction of sp³-hybridized carbons (Fsp3) is 0.370. The number of aromatic amines is 1. The lowest BCUT2D eigenvalue weighted by molar-refractivity contribution is 0.0722. The third-order valence-corrected chi connectivity index (χ3v) is 7.39.